The first-order valence-corrected chi connectivity index (χ1v) is 30.7. The minimum absolute atomic E-state index is 0.0100. The van der Waals surface area contributed by atoms with Crippen molar-refractivity contribution in [3.63, 3.8) is 0 Å². The summed E-state index contributed by atoms with van der Waals surface area (Å²) in [6.45, 7) is 6.86. The quantitative estimate of drug-likeness (QED) is 0.0131. The van der Waals surface area contributed by atoms with Gasteiger partial charge in [0.05, 0.1) is 6.54 Å². The number of carbonyl (C=O) groups excluding carboxylic acids is 11. The van der Waals surface area contributed by atoms with Gasteiger partial charge in [0.1, 0.15) is 48.0 Å². The van der Waals surface area contributed by atoms with E-state index in [1.165, 1.54) is 23.9 Å². The standard InChI is InChI=1S/C53H91N17O12S3/c1-30(2)25-36(68-48(79)35(19-24-85-5)67-50(81)39(29-84)66-41(73)12-6-7-20-61-52(55)56)47(78)63-27-43(75)64-34(11-8-23-62-53(57)58)49(80)70-44(31(3)4)51(82)69-37(26-32-15-17-33(71)18-16-32)46(77)60-22-9-13-40(72)59-21-10-14-42(74)65-38(28-83)45(54)76/h15-18,30-31,34-39,44,71,83-84H,6-14,19-29H2,1-5H3,(H2,54,76)(H,59,72)(H,60,77)(H,63,78)(H,64,75)(H,65,74)(H,66,73)(H,67,81)(H,68,79)(H,69,82)(H,70,80)(H4,55,56,61)(H4,57,58,62)/t34-,35-,36-,37-,38-,39-,44-/m0/s1. The molecule has 0 aliphatic heterocycles. The molecule has 85 heavy (non-hydrogen) atoms. The summed E-state index contributed by atoms with van der Waals surface area (Å²) in [4.78, 5) is 153. The zero-order valence-electron chi connectivity index (χ0n) is 49.2. The smallest absolute Gasteiger partial charge is 0.244 e. The fourth-order valence-corrected chi connectivity index (χ4v) is 8.88. The summed E-state index contributed by atoms with van der Waals surface area (Å²) in [5.41, 5.74) is 27.5. The number of nitrogens with zero attached hydrogens (tertiary/aromatic N) is 2. The zero-order valence-corrected chi connectivity index (χ0v) is 51.8. The number of rotatable bonds is 43. The van der Waals surface area contributed by atoms with E-state index in [9.17, 15) is 57.8 Å². The fourth-order valence-electron chi connectivity index (χ4n) is 7.88. The first-order chi connectivity index (χ1) is 40.2. The third-order valence-electron chi connectivity index (χ3n) is 12.4. The Kier molecular flexibility index (Phi) is 38.0. The van der Waals surface area contributed by atoms with Crippen molar-refractivity contribution in [3.05, 3.63) is 29.8 Å². The van der Waals surface area contributed by atoms with Crippen molar-refractivity contribution in [1.29, 1.82) is 0 Å². The van der Waals surface area contributed by atoms with Crippen LogP contribution in [-0.2, 0) is 59.2 Å². The Labute approximate surface area is 512 Å². The van der Waals surface area contributed by atoms with Crippen molar-refractivity contribution in [2.45, 2.75) is 147 Å². The van der Waals surface area contributed by atoms with E-state index < -0.39 is 114 Å². The molecular formula is C53H91N17O12S3. The predicted octanol–water partition coefficient (Wildman–Crippen LogP) is -3.47. The molecule has 32 heteroatoms. The largest absolute Gasteiger partial charge is 0.508 e. The Morgan fingerprint density at radius 3 is 1.58 bits per heavy atom. The number of aromatic hydroxyl groups is 1. The Hall–Kier alpha value is -7.22. The van der Waals surface area contributed by atoms with Crippen molar-refractivity contribution < 1.29 is 57.8 Å². The van der Waals surface area contributed by atoms with Crippen LogP contribution in [0, 0.1) is 11.8 Å². The molecule has 0 bridgehead atoms. The summed E-state index contributed by atoms with van der Waals surface area (Å²) in [7, 11) is 0. The first kappa shape index (κ1) is 75.8. The van der Waals surface area contributed by atoms with Crippen LogP contribution in [0.1, 0.15) is 104 Å². The highest BCUT2D eigenvalue weighted by Gasteiger charge is 2.33. The number of primary amides is 1. The highest BCUT2D eigenvalue weighted by molar-refractivity contribution is 7.98. The predicted molar refractivity (Wildman–Crippen MR) is 331 cm³/mol. The number of nitrogens with two attached hydrogens (primary N) is 5. The second-order valence-electron chi connectivity index (χ2n) is 20.6. The van der Waals surface area contributed by atoms with Crippen LogP contribution >= 0.6 is 37.0 Å². The molecule has 478 valence electrons. The normalized spacial score (nSPS) is 13.4. The number of thioether (sulfide) groups is 1. The van der Waals surface area contributed by atoms with Gasteiger partial charge in [0.25, 0.3) is 0 Å². The second kappa shape index (κ2) is 42.6. The van der Waals surface area contributed by atoms with E-state index in [1.807, 2.05) is 20.1 Å². The van der Waals surface area contributed by atoms with Crippen molar-refractivity contribution in [2.24, 2.45) is 50.5 Å². The van der Waals surface area contributed by atoms with Crippen LogP contribution in [-0.4, -0.2) is 181 Å². The molecule has 0 saturated carbocycles. The first-order valence-electron chi connectivity index (χ1n) is 28.0. The minimum atomic E-state index is -1.31. The lowest BCUT2D eigenvalue weighted by molar-refractivity contribution is -0.135. The monoisotopic (exact) mass is 1250 g/mol. The van der Waals surface area contributed by atoms with E-state index in [-0.39, 0.29) is 125 Å². The summed E-state index contributed by atoms with van der Waals surface area (Å²) >= 11 is 9.64. The van der Waals surface area contributed by atoms with Gasteiger partial charge in [-0.2, -0.15) is 37.0 Å². The molecule has 0 aliphatic rings. The molecule has 0 aliphatic carbocycles. The van der Waals surface area contributed by atoms with Crippen molar-refractivity contribution in [2.75, 3.05) is 56.2 Å². The van der Waals surface area contributed by atoms with Crippen molar-refractivity contribution in [1.82, 2.24) is 53.2 Å². The maximum Gasteiger partial charge on any atom is 0.244 e. The van der Waals surface area contributed by atoms with Gasteiger partial charge in [-0.05, 0) is 92.9 Å². The van der Waals surface area contributed by atoms with Crippen LogP contribution < -0.4 is 81.8 Å². The number of unbranched alkanes of at least 4 members (excludes halogenated alkanes) is 1. The van der Waals surface area contributed by atoms with Crippen molar-refractivity contribution >= 4 is 114 Å². The number of hydrogen-bond acceptors (Lipinski definition) is 17. The lowest BCUT2D eigenvalue weighted by Gasteiger charge is -2.27. The molecule has 7 atom stereocenters. The summed E-state index contributed by atoms with van der Waals surface area (Å²) in [5, 5.41) is 36.3. The number of thiol groups is 2. The zero-order chi connectivity index (χ0) is 64.0. The van der Waals surface area contributed by atoms with Crippen LogP contribution in [0.25, 0.3) is 0 Å². The number of benzene rings is 1. The molecule has 0 radical (unpaired) electrons. The molecule has 1 aromatic carbocycles. The SMILES string of the molecule is CSCC[C@H](NC(=O)[C@H](CS)NC(=O)CCCCN=C(N)N)C(=O)N[C@@H](CC(C)C)C(=O)NCC(=O)N[C@@H](CCCN=C(N)N)C(=O)N[C@H](C(=O)N[C@@H](Cc1ccc(O)cc1)C(=O)NCCCC(=O)NCCCC(=O)N[C@@H](CS)C(N)=O)C(C)C. The number of aliphatic imine (C=N–C) groups is 2. The molecular weight excluding hydrogens is 1160 g/mol. The third-order valence-corrected chi connectivity index (χ3v) is 13.8. The molecule has 1 rings (SSSR count). The molecule has 0 spiro atoms. The number of amides is 11. The average molecular weight is 1250 g/mol. The maximum atomic E-state index is 14.1. The van der Waals surface area contributed by atoms with Crippen LogP contribution in [0.4, 0.5) is 0 Å². The third kappa shape index (κ3) is 33.8. The number of phenolic OH excluding ortho intramolecular Hbond substituents is 1. The van der Waals surface area contributed by atoms with Gasteiger partial charge in [0, 0.05) is 63.4 Å². The molecule has 11 amide bonds. The molecule has 29 nitrogen and oxygen atoms in total. The lowest BCUT2D eigenvalue weighted by atomic mass is 10.00. The molecule has 0 heterocycles. The van der Waals surface area contributed by atoms with E-state index >= 15 is 0 Å². The Morgan fingerprint density at radius 2 is 1.01 bits per heavy atom. The van der Waals surface area contributed by atoms with Crippen LogP contribution in [0.5, 0.6) is 5.75 Å². The van der Waals surface area contributed by atoms with Crippen LogP contribution in [0.15, 0.2) is 34.3 Å². The molecule has 21 N–H and O–H groups in total. The van der Waals surface area contributed by atoms with Gasteiger partial charge in [0.15, 0.2) is 11.9 Å². The average Bonchev–Trinajstić information content (AvgIpc) is 3.64. The Balaban J connectivity index is 3.16. The van der Waals surface area contributed by atoms with E-state index in [0.29, 0.717) is 30.7 Å². The molecule has 0 aromatic heterocycles. The number of nitrogens with one attached hydrogen (secondary N) is 10. The number of hydrogen-bond donors (Lipinski definition) is 18. The van der Waals surface area contributed by atoms with E-state index in [2.05, 4.69) is 88.4 Å². The highest BCUT2D eigenvalue weighted by atomic mass is 32.2. The van der Waals surface area contributed by atoms with Crippen LogP contribution in [0.2, 0.25) is 0 Å². The topological polar surface area (TPSA) is 483 Å². The van der Waals surface area contributed by atoms with Gasteiger partial charge < -0.3 is 86.9 Å². The minimum Gasteiger partial charge on any atom is -0.508 e. The Morgan fingerprint density at radius 1 is 0.518 bits per heavy atom. The maximum absolute atomic E-state index is 14.1. The van der Waals surface area contributed by atoms with Gasteiger partial charge in [-0.3, -0.25) is 62.7 Å². The van der Waals surface area contributed by atoms with Gasteiger partial charge >= 0.3 is 0 Å². The van der Waals surface area contributed by atoms with E-state index in [1.54, 1.807) is 26.0 Å². The second-order valence-corrected chi connectivity index (χ2v) is 22.3. The van der Waals surface area contributed by atoms with Gasteiger partial charge in [-0.25, -0.2) is 0 Å². The van der Waals surface area contributed by atoms with Gasteiger partial charge in [0.2, 0.25) is 65.0 Å². The Bertz CT molecular complexity index is 2400. The highest BCUT2D eigenvalue weighted by Crippen LogP contribution is 2.14. The number of phenols is 1. The lowest BCUT2D eigenvalue weighted by Crippen LogP contribution is -2.59. The van der Waals surface area contributed by atoms with E-state index in [0.717, 1.165) is 0 Å². The molecule has 0 unspecified atom stereocenters. The van der Waals surface area contributed by atoms with Gasteiger partial charge in [-0.1, -0.05) is 39.8 Å². The summed E-state index contributed by atoms with van der Waals surface area (Å²) < 4.78 is 0. The van der Waals surface area contributed by atoms with E-state index in [4.69, 9.17) is 28.7 Å². The van der Waals surface area contributed by atoms with Crippen LogP contribution in [0.3, 0.4) is 0 Å². The fraction of sp³-hybridized carbons (Fsp3) is 0.642. The summed E-state index contributed by atoms with van der Waals surface area (Å²) in [5.74, 6) is -7.64. The molecule has 1 aromatic rings. The van der Waals surface area contributed by atoms with Gasteiger partial charge in [-0.15, -0.1) is 0 Å². The number of guanidine groups is 2. The molecule has 0 fully saturated rings. The summed E-state index contributed by atoms with van der Waals surface area (Å²) in [6.07, 6.45) is 3.76. The number of carbonyl (C=O) groups is 11. The summed E-state index contributed by atoms with van der Waals surface area (Å²) in [6, 6.07) is -2.17. The van der Waals surface area contributed by atoms with Crippen molar-refractivity contribution in [3.8, 4) is 5.75 Å². The molecule has 0 saturated heterocycles.